The number of allylic oxidation sites excluding steroid dienone is 1. The van der Waals surface area contributed by atoms with Gasteiger partial charge in [0, 0.05) is 12.4 Å². The van der Waals surface area contributed by atoms with E-state index in [1.165, 1.54) is 32.4 Å². The second kappa shape index (κ2) is 7.29. The highest BCUT2D eigenvalue weighted by Crippen LogP contribution is 2.24. The molecule has 1 rings (SSSR count). The Bertz CT molecular complexity index is 189. The minimum Gasteiger partial charge on any atom is -0.300 e. The molecular weight excluding hydrogens is 206 g/mol. The maximum Gasteiger partial charge on any atom is 0.0404 e. The Hall–Kier alpha value is -0.0100. The van der Waals surface area contributed by atoms with E-state index in [0.717, 1.165) is 18.4 Å². The molecule has 0 bridgehead atoms. The van der Waals surface area contributed by atoms with Gasteiger partial charge in [0.2, 0.25) is 0 Å². The first-order valence-electron chi connectivity index (χ1n) is 6.17. The molecule has 0 N–H and O–H groups in total. The number of likely N-dealkylation sites (tertiary alicyclic amines) is 1. The van der Waals surface area contributed by atoms with Crippen molar-refractivity contribution in [2.45, 2.75) is 33.1 Å². The fourth-order valence-electron chi connectivity index (χ4n) is 2.32. The molecule has 15 heavy (non-hydrogen) atoms. The van der Waals surface area contributed by atoms with Crippen LogP contribution < -0.4 is 0 Å². The summed E-state index contributed by atoms with van der Waals surface area (Å²) in [5, 5.41) is 0. The summed E-state index contributed by atoms with van der Waals surface area (Å²) < 4.78 is 0. The third-order valence-electron chi connectivity index (χ3n) is 3.43. The number of rotatable bonds is 4. The summed E-state index contributed by atoms with van der Waals surface area (Å²) in [4.78, 5) is 2.55. The van der Waals surface area contributed by atoms with Crippen molar-refractivity contribution in [1.82, 2.24) is 4.90 Å². The first-order chi connectivity index (χ1) is 7.24. The van der Waals surface area contributed by atoms with Crippen molar-refractivity contribution in [3.05, 3.63) is 12.2 Å². The van der Waals surface area contributed by atoms with E-state index < -0.39 is 0 Å². The second-order valence-corrected chi connectivity index (χ2v) is 5.17. The van der Waals surface area contributed by atoms with E-state index in [1.807, 2.05) is 6.08 Å². The number of nitrogens with zero attached hydrogens (tertiary/aromatic N) is 1. The van der Waals surface area contributed by atoms with Gasteiger partial charge in [-0.2, -0.15) is 0 Å². The van der Waals surface area contributed by atoms with Crippen LogP contribution in [0.3, 0.4) is 0 Å². The van der Waals surface area contributed by atoms with E-state index in [9.17, 15) is 0 Å². The highest BCUT2D eigenvalue weighted by Gasteiger charge is 2.18. The van der Waals surface area contributed by atoms with Gasteiger partial charge in [0.25, 0.3) is 0 Å². The van der Waals surface area contributed by atoms with Gasteiger partial charge in [-0.15, -0.1) is 11.6 Å². The Balaban J connectivity index is 2.29. The van der Waals surface area contributed by atoms with Crippen molar-refractivity contribution < 1.29 is 0 Å². The summed E-state index contributed by atoms with van der Waals surface area (Å²) in [5.41, 5.74) is 0. The molecule has 0 aromatic heterocycles. The summed E-state index contributed by atoms with van der Waals surface area (Å²) in [6, 6.07) is 0. The van der Waals surface area contributed by atoms with Crippen LogP contribution in [0.15, 0.2) is 12.2 Å². The molecule has 0 aliphatic carbocycles. The summed E-state index contributed by atoms with van der Waals surface area (Å²) in [6.45, 7) is 8.31. The highest BCUT2D eigenvalue weighted by atomic mass is 35.5. The van der Waals surface area contributed by atoms with Crippen molar-refractivity contribution in [2.75, 3.05) is 25.5 Å². The first kappa shape index (κ1) is 13.1. The molecule has 1 aliphatic heterocycles. The van der Waals surface area contributed by atoms with Gasteiger partial charge in [-0.3, -0.25) is 4.90 Å². The average molecular weight is 230 g/mol. The molecule has 0 aromatic rings. The predicted octanol–water partition coefficient (Wildman–Crippen LogP) is 3.54. The maximum absolute atomic E-state index is 5.61. The molecule has 1 saturated heterocycles. The maximum atomic E-state index is 5.61. The largest absolute Gasteiger partial charge is 0.300 e. The lowest BCUT2D eigenvalue weighted by atomic mass is 9.89. The molecule has 0 spiro atoms. The first-order valence-corrected chi connectivity index (χ1v) is 6.70. The Morgan fingerprint density at radius 2 is 2.07 bits per heavy atom. The molecule has 0 saturated carbocycles. The minimum absolute atomic E-state index is 0.641. The van der Waals surface area contributed by atoms with Crippen LogP contribution in [0, 0.1) is 11.8 Å². The third kappa shape index (κ3) is 5.03. The number of alkyl halides is 1. The van der Waals surface area contributed by atoms with Crippen molar-refractivity contribution >= 4 is 11.6 Å². The zero-order valence-corrected chi connectivity index (χ0v) is 10.8. The van der Waals surface area contributed by atoms with Gasteiger partial charge in [-0.05, 0) is 44.2 Å². The van der Waals surface area contributed by atoms with Crippen LogP contribution in [-0.4, -0.2) is 30.4 Å². The average Bonchev–Trinajstić information content (AvgIpc) is 2.44. The van der Waals surface area contributed by atoms with E-state index in [1.54, 1.807) is 0 Å². The van der Waals surface area contributed by atoms with E-state index >= 15 is 0 Å². The molecule has 0 amide bonds. The van der Waals surface area contributed by atoms with Crippen molar-refractivity contribution in [1.29, 1.82) is 0 Å². The Kier molecular flexibility index (Phi) is 6.35. The van der Waals surface area contributed by atoms with Crippen LogP contribution in [0.4, 0.5) is 0 Å². The quantitative estimate of drug-likeness (QED) is 0.527. The van der Waals surface area contributed by atoms with Gasteiger partial charge in [0.1, 0.15) is 0 Å². The number of hydrogen-bond donors (Lipinski definition) is 0. The van der Waals surface area contributed by atoms with Crippen LogP contribution in [0.2, 0.25) is 0 Å². The lowest BCUT2D eigenvalue weighted by molar-refractivity contribution is 0.295. The molecule has 1 unspecified atom stereocenters. The lowest BCUT2D eigenvalue weighted by Crippen LogP contribution is -2.25. The molecule has 1 heterocycles. The molecule has 0 radical (unpaired) electrons. The van der Waals surface area contributed by atoms with Crippen LogP contribution in [0.5, 0.6) is 0 Å². The molecule has 88 valence electrons. The van der Waals surface area contributed by atoms with Gasteiger partial charge in [-0.25, -0.2) is 0 Å². The third-order valence-corrected chi connectivity index (χ3v) is 3.61. The molecule has 2 heteroatoms. The standard InChI is InChI=1S/C13H24ClN/c1-12(2)13-6-5-10-15(11-7-13)9-4-3-8-14/h3-4,12-13H,5-11H2,1-2H3. The molecule has 1 fully saturated rings. The Morgan fingerprint density at radius 1 is 1.27 bits per heavy atom. The molecular formula is C13H24ClN. The minimum atomic E-state index is 0.641. The number of hydrogen-bond acceptors (Lipinski definition) is 1. The van der Waals surface area contributed by atoms with E-state index in [2.05, 4.69) is 24.8 Å². The SMILES string of the molecule is CC(C)C1CCCN(CC=CCCl)CC1. The Morgan fingerprint density at radius 3 is 2.73 bits per heavy atom. The summed E-state index contributed by atoms with van der Waals surface area (Å²) in [6.07, 6.45) is 8.38. The predicted molar refractivity (Wildman–Crippen MR) is 68.5 cm³/mol. The van der Waals surface area contributed by atoms with E-state index in [0.29, 0.717) is 5.88 Å². The van der Waals surface area contributed by atoms with E-state index in [4.69, 9.17) is 11.6 Å². The van der Waals surface area contributed by atoms with Crippen molar-refractivity contribution in [2.24, 2.45) is 11.8 Å². The number of halogens is 1. The topological polar surface area (TPSA) is 3.24 Å². The summed E-state index contributed by atoms with van der Waals surface area (Å²) in [5.74, 6) is 2.43. The summed E-state index contributed by atoms with van der Waals surface area (Å²) in [7, 11) is 0. The second-order valence-electron chi connectivity index (χ2n) is 4.86. The fourth-order valence-corrected chi connectivity index (χ4v) is 2.44. The van der Waals surface area contributed by atoms with E-state index in [-0.39, 0.29) is 0 Å². The van der Waals surface area contributed by atoms with Crippen LogP contribution >= 0.6 is 11.6 Å². The Labute approximate surface area is 99.5 Å². The lowest BCUT2D eigenvalue weighted by Gasteiger charge is -2.19. The van der Waals surface area contributed by atoms with Crippen LogP contribution in [-0.2, 0) is 0 Å². The van der Waals surface area contributed by atoms with Crippen molar-refractivity contribution in [3.63, 3.8) is 0 Å². The van der Waals surface area contributed by atoms with Crippen LogP contribution in [0.25, 0.3) is 0 Å². The molecule has 1 atom stereocenters. The molecule has 1 aliphatic rings. The highest BCUT2D eigenvalue weighted by molar-refractivity contribution is 6.18. The van der Waals surface area contributed by atoms with Gasteiger partial charge in [0.15, 0.2) is 0 Å². The summed E-state index contributed by atoms with van der Waals surface area (Å²) >= 11 is 5.61. The molecule has 1 nitrogen and oxygen atoms in total. The van der Waals surface area contributed by atoms with Crippen LogP contribution in [0.1, 0.15) is 33.1 Å². The van der Waals surface area contributed by atoms with Gasteiger partial charge >= 0.3 is 0 Å². The molecule has 0 aromatic carbocycles. The van der Waals surface area contributed by atoms with Gasteiger partial charge in [-0.1, -0.05) is 26.0 Å². The van der Waals surface area contributed by atoms with Gasteiger partial charge in [0.05, 0.1) is 0 Å². The van der Waals surface area contributed by atoms with Gasteiger partial charge < -0.3 is 0 Å². The zero-order valence-electron chi connectivity index (χ0n) is 10.1. The fraction of sp³-hybridized carbons (Fsp3) is 0.846. The normalized spacial score (nSPS) is 24.9. The van der Waals surface area contributed by atoms with Crippen molar-refractivity contribution in [3.8, 4) is 0 Å². The monoisotopic (exact) mass is 229 g/mol. The zero-order chi connectivity index (χ0) is 11.1. The smallest absolute Gasteiger partial charge is 0.0404 e.